The Kier molecular flexibility index (Phi) is 3.26. The van der Waals surface area contributed by atoms with Gasteiger partial charge in [0.05, 0.1) is 16.9 Å². The minimum atomic E-state index is -0.224. The van der Waals surface area contributed by atoms with E-state index in [1.807, 2.05) is 18.2 Å². The first-order valence-electron chi connectivity index (χ1n) is 7.72. The summed E-state index contributed by atoms with van der Waals surface area (Å²) < 4.78 is 13.2. The van der Waals surface area contributed by atoms with Crippen molar-refractivity contribution in [3.63, 3.8) is 0 Å². The molecule has 0 aliphatic heterocycles. The number of hydrogen-bond donors (Lipinski definition) is 1. The molecule has 0 saturated heterocycles. The van der Waals surface area contributed by atoms with Crippen LogP contribution < -0.4 is 5.32 Å². The van der Waals surface area contributed by atoms with Crippen LogP contribution in [-0.4, -0.2) is 11.0 Å². The number of hydrogen-bond acceptors (Lipinski definition) is 2. The molecule has 0 atom stereocenters. The van der Waals surface area contributed by atoms with Crippen LogP contribution in [0, 0.1) is 5.82 Å². The van der Waals surface area contributed by atoms with E-state index < -0.39 is 0 Å². The highest BCUT2D eigenvalue weighted by atomic mass is 19.1. The number of aromatic nitrogens is 1. The van der Waals surface area contributed by atoms with E-state index in [1.165, 1.54) is 31.4 Å². The van der Waals surface area contributed by atoms with Gasteiger partial charge in [0.2, 0.25) is 0 Å². The second-order valence-electron chi connectivity index (χ2n) is 5.86. The smallest absolute Gasteiger partial charge is 0.123 e. The molecule has 1 fully saturated rings. The molecule has 0 amide bonds. The summed E-state index contributed by atoms with van der Waals surface area (Å²) in [5, 5.41) is 4.72. The Labute approximate surface area is 129 Å². The number of benzene rings is 2. The Morgan fingerprint density at radius 2 is 1.77 bits per heavy atom. The van der Waals surface area contributed by atoms with E-state index >= 15 is 0 Å². The Balaban J connectivity index is 1.85. The molecule has 1 heterocycles. The van der Waals surface area contributed by atoms with E-state index in [1.54, 1.807) is 12.1 Å². The van der Waals surface area contributed by atoms with Crippen LogP contribution in [0.3, 0.4) is 0 Å². The fraction of sp³-hybridized carbons (Fsp3) is 0.211. The fourth-order valence-electron chi connectivity index (χ4n) is 2.83. The van der Waals surface area contributed by atoms with Gasteiger partial charge in [-0.25, -0.2) is 9.37 Å². The molecule has 0 spiro atoms. The molecule has 0 radical (unpaired) electrons. The van der Waals surface area contributed by atoms with Gasteiger partial charge in [0.1, 0.15) is 5.82 Å². The largest absolute Gasteiger partial charge is 0.381 e. The number of para-hydroxylation sites is 1. The molecule has 1 N–H and O–H groups in total. The summed E-state index contributed by atoms with van der Waals surface area (Å²) in [6.45, 7) is 0. The van der Waals surface area contributed by atoms with Gasteiger partial charge in [0, 0.05) is 17.0 Å². The highest BCUT2D eigenvalue weighted by Crippen LogP contribution is 2.32. The number of anilines is 1. The summed E-state index contributed by atoms with van der Waals surface area (Å²) in [4.78, 5) is 4.80. The maximum atomic E-state index is 13.2. The van der Waals surface area contributed by atoms with E-state index in [0.29, 0.717) is 6.04 Å². The van der Waals surface area contributed by atoms with Crippen molar-refractivity contribution in [1.82, 2.24) is 4.98 Å². The zero-order valence-electron chi connectivity index (χ0n) is 12.2. The maximum Gasteiger partial charge on any atom is 0.123 e. The topological polar surface area (TPSA) is 24.9 Å². The molecule has 110 valence electrons. The van der Waals surface area contributed by atoms with Crippen LogP contribution in [0.15, 0.2) is 54.6 Å². The number of halogens is 1. The molecule has 3 aromatic rings. The maximum absolute atomic E-state index is 13.2. The quantitative estimate of drug-likeness (QED) is 0.734. The first-order chi connectivity index (χ1) is 10.8. The standard InChI is InChI=1S/C19H17FN2/c20-15-10-8-13(9-11-15)19-18(21-16-5-3-6-16)12-14-4-1-2-7-17(14)22-19/h1-2,4,7-12,16,21H,3,5-6H2. The number of pyridine rings is 1. The molecular formula is C19H17FN2. The molecule has 22 heavy (non-hydrogen) atoms. The SMILES string of the molecule is Fc1ccc(-c2nc3ccccc3cc2NC2CCC2)cc1. The average molecular weight is 292 g/mol. The number of nitrogens with one attached hydrogen (secondary N) is 1. The van der Waals surface area contributed by atoms with Gasteiger partial charge in [-0.2, -0.15) is 0 Å². The van der Waals surface area contributed by atoms with Crippen LogP contribution >= 0.6 is 0 Å². The summed E-state index contributed by atoms with van der Waals surface area (Å²) in [5.41, 5.74) is 3.83. The van der Waals surface area contributed by atoms with Crippen LogP contribution in [0.1, 0.15) is 19.3 Å². The summed E-state index contributed by atoms with van der Waals surface area (Å²) in [5.74, 6) is -0.224. The molecule has 1 saturated carbocycles. The van der Waals surface area contributed by atoms with Crippen LogP contribution in [-0.2, 0) is 0 Å². The van der Waals surface area contributed by atoms with Gasteiger partial charge in [-0.3, -0.25) is 0 Å². The third kappa shape index (κ3) is 2.43. The Morgan fingerprint density at radius 1 is 1.00 bits per heavy atom. The average Bonchev–Trinajstić information content (AvgIpc) is 2.51. The van der Waals surface area contributed by atoms with Gasteiger partial charge in [-0.1, -0.05) is 18.2 Å². The third-order valence-corrected chi connectivity index (χ3v) is 4.31. The van der Waals surface area contributed by atoms with Gasteiger partial charge >= 0.3 is 0 Å². The molecule has 3 heteroatoms. The minimum Gasteiger partial charge on any atom is -0.381 e. The van der Waals surface area contributed by atoms with E-state index in [4.69, 9.17) is 4.98 Å². The van der Waals surface area contributed by atoms with Crippen LogP contribution in [0.5, 0.6) is 0 Å². The lowest BCUT2D eigenvalue weighted by Gasteiger charge is -2.28. The molecule has 2 nitrogen and oxygen atoms in total. The molecule has 4 rings (SSSR count). The van der Waals surface area contributed by atoms with Crippen LogP contribution in [0.2, 0.25) is 0 Å². The van der Waals surface area contributed by atoms with Crippen molar-refractivity contribution in [3.05, 3.63) is 60.4 Å². The Morgan fingerprint density at radius 3 is 2.50 bits per heavy atom. The van der Waals surface area contributed by atoms with Crippen molar-refractivity contribution in [3.8, 4) is 11.3 Å². The molecule has 1 aromatic heterocycles. The lowest BCUT2D eigenvalue weighted by atomic mass is 9.92. The third-order valence-electron chi connectivity index (χ3n) is 4.31. The van der Waals surface area contributed by atoms with Gasteiger partial charge in [-0.05, 0) is 55.7 Å². The lowest BCUT2D eigenvalue weighted by Crippen LogP contribution is -2.27. The van der Waals surface area contributed by atoms with Crippen molar-refractivity contribution in [2.24, 2.45) is 0 Å². The van der Waals surface area contributed by atoms with Gasteiger partial charge in [-0.15, -0.1) is 0 Å². The number of nitrogens with zero attached hydrogens (tertiary/aromatic N) is 1. The number of rotatable bonds is 3. The van der Waals surface area contributed by atoms with E-state index in [0.717, 1.165) is 27.8 Å². The van der Waals surface area contributed by atoms with Gasteiger partial charge < -0.3 is 5.32 Å². The monoisotopic (exact) mass is 292 g/mol. The highest BCUT2D eigenvalue weighted by molar-refractivity contribution is 5.89. The summed E-state index contributed by atoms with van der Waals surface area (Å²) >= 11 is 0. The van der Waals surface area contributed by atoms with E-state index in [2.05, 4.69) is 17.4 Å². The minimum absolute atomic E-state index is 0.224. The van der Waals surface area contributed by atoms with Gasteiger partial charge in [0.25, 0.3) is 0 Å². The first-order valence-corrected chi connectivity index (χ1v) is 7.72. The molecule has 0 bridgehead atoms. The zero-order chi connectivity index (χ0) is 14.9. The summed E-state index contributed by atoms with van der Waals surface area (Å²) in [6.07, 6.45) is 3.69. The van der Waals surface area contributed by atoms with E-state index in [9.17, 15) is 4.39 Å². The molecule has 0 unspecified atom stereocenters. The predicted octanol–water partition coefficient (Wildman–Crippen LogP) is 5.01. The van der Waals surface area contributed by atoms with Crippen molar-refractivity contribution < 1.29 is 4.39 Å². The number of fused-ring (bicyclic) bond motifs is 1. The van der Waals surface area contributed by atoms with Crippen LogP contribution in [0.25, 0.3) is 22.2 Å². The van der Waals surface area contributed by atoms with Crippen molar-refractivity contribution in [2.75, 3.05) is 5.32 Å². The fourth-order valence-corrected chi connectivity index (χ4v) is 2.83. The molecule has 1 aliphatic carbocycles. The second-order valence-corrected chi connectivity index (χ2v) is 5.86. The Hall–Kier alpha value is -2.42. The van der Waals surface area contributed by atoms with Crippen LogP contribution in [0.4, 0.5) is 10.1 Å². The zero-order valence-corrected chi connectivity index (χ0v) is 12.2. The normalized spacial score (nSPS) is 14.8. The molecule has 1 aliphatic rings. The lowest BCUT2D eigenvalue weighted by molar-refractivity contribution is 0.445. The molecular weight excluding hydrogens is 275 g/mol. The van der Waals surface area contributed by atoms with E-state index in [-0.39, 0.29) is 5.82 Å². The summed E-state index contributed by atoms with van der Waals surface area (Å²) in [7, 11) is 0. The van der Waals surface area contributed by atoms with Crippen molar-refractivity contribution in [2.45, 2.75) is 25.3 Å². The second kappa shape index (κ2) is 5.41. The Bertz CT molecular complexity index is 807. The van der Waals surface area contributed by atoms with Crippen molar-refractivity contribution in [1.29, 1.82) is 0 Å². The predicted molar refractivity (Wildman–Crippen MR) is 88.4 cm³/mol. The van der Waals surface area contributed by atoms with Gasteiger partial charge in [0.15, 0.2) is 0 Å². The summed E-state index contributed by atoms with van der Waals surface area (Å²) in [6, 6.07) is 17.3. The first kappa shape index (κ1) is 13.3. The highest BCUT2D eigenvalue weighted by Gasteiger charge is 2.19. The molecule has 2 aromatic carbocycles. The van der Waals surface area contributed by atoms with Crippen molar-refractivity contribution >= 4 is 16.6 Å².